The highest BCUT2D eigenvalue weighted by molar-refractivity contribution is 6.31. The monoisotopic (exact) mass is 306 g/mol. The third-order valence-corrected chi connectivity index (χ3v) is 3.30. The van der Waals surface area contributed by atoms with Gasteiger partial charge in [0.1, 0.15) is 12.4 Å². The lowest BCUT2D eigenvalue weighted by Gasteiger charge is -2.09. The maximum absolute atomic E-state index is 6.06. The van der Waals surface area contributed by atoms with Crippen LogP contribution in [-0.2, 0) is 17.9 Å². The van der Waals surface area contributed by atoms with Gasteiger partial charge in [-0.2, -0.15) is 0 Å². The van der Waals surface area contributed by atoms with Crippen molar-refractivity contribution in [1.82, 2.24) is 10.3 Å². The zero-order chi connectivity index (χ0) is 14.9. The molecule has 1 aromatic heterocycles. The lowest BCUT2D eigenvalue weighted by Crippen LogP contribution is -2.18. The molecule has 0 radical (unpaired) electrons. The average molecular weight is 307 g/mol. The molecule has 1 N–H and O–H groups in total. The van der Waals surface area contributed by atoms with E-state index in [4.69, 9.17) is 21.1 Å². The zero-order valence-corrected chi connectivity index (χ0v) is 12.8. The van der Waals surface area contributed by atoms with Crippen LogP contribution in [0.5, 0.6) is 5.75 Å². The summed E-state index contributed by atoms with van der Waals surface area (Å²) in [7, 11) is 1.69. The SMILES string of the molecule is COCCNCc1cccc(OCc2ccncc2Cl)c1. The molecule has 0 fully saturated rings. The summed E-state index contributed by atoms with van der Waals surface area (Å²) in [6.45, 7) is 2.75. The summed E-state index contributed by atoms with van der Waals surface area (Å²) < 4.78 is 10.8. The molecule has 0 bridgehead atoms. The number of aromatic nitrogens is 1. The smallest absolute Gasteiger partial charge is 0.120 e. The van der Waals surface area contributed by atoms with Crippen molar-refractivity contribution in [3.05, 3.63) is 58.9 Å². The van der Waals surface area contributed by atoms with Crippen LogP contribution >= 0.6 is 11.6 Å². The number of ether oxygens (including phenoxy) is 2. The highest BCUT2D eigenvalue weighted by Crippen LogP contribution is 2.18. The number of nitrogens with one attached hydrogen (secondary N) is 1. The number of rotatable bonds is 8. The Morgan fingerprint density at radius 2 is 2.19 bits per heavy atom. The van der Waals surface area contributed by atoms with Crippen LogP contribution in [-0.4, -0.2) is 25.2 Å². The molecule has 0 unspecified atom stereocenters. The van der Waals surface area contributed by atoms with Crippen LogP contribution in [0.15, 0.2) is 42.7 Å². The van der Waals surface area contributed by atoms with E-state index >= 15 is 0 Å². The van der Waals surface area contributed by atoms with Gasteiger partial charge >= 0.3 is 0 Å². The van der Waals surface area contributed by atoms with Gasteiger partial charge in [-0.1, -0.05) is 23.7 Å². The molecule has 0 spiro atoms. The first-order chi connectivity index (χ1) is 10.3. The van der Waals surface area contributed by atoms with Gasteiger partial charge in [-0.3, -0.25) is 4.98 Å². The minimum atomic E-state index is 0.432. The average Bonchev–Trinajstić information content (AvgIpc) is 2.51. The molecule has 1 heterocycles. The molecule has 1 aromatic carbocycles. The molecule has 0 saturated carbocycles. The maximum atomic E-state index is 6.06. The molecule has 0 saturated heterocycles. The van der Waals surface area contributed by atoms with Crippen molar-refractivity contribution in [2.75, 3.05) is 20.3 Å². The largest absolute Gasteiger partial charge is 0.489 e. The van der Waals surface area contributed by atoms with Crippen LogP contribution in [0.3, 0.4) is 0 Å². The van der Waals surface area contributed by atoms with Crippen LogP contribution in [0.4, 0.5) is 0 Å². The third kappa shape index (κ3) is 5.34. The van der Waals surface area contributed by atoms with Gasteiger partial charge in [0.15, 0.2) is 0 Å². The zero-order valence-electron chi connectivity index (χ0n) is 12.0. The van der Waals surface area contributed by atoms with E-state index in [1.807, 2.05) is 24.3 Å². The first-order valence-corrected chi connectivity index (χ1v) is 7.17. The summed E-state index contributed by atoms with van der Waals surface area (Å²) in [5, 5.41) is 3.92. The van der Waals surface area contributed by atoms with Crippen molar-refractivity contribution in [2.45, 2.75) is 13.2 Å². The minimum Gasteiger partial charge on any atom is -0.489 e. The van der Waals surface area contributed by atoms with E-state index in [-0.39, 0.29) is 0 Å². The van der Waals surface area contributed by atoms with Crippen LogP contribution in [0.25, 0.3) is 0 Å². The molecule has 5 heteroatoms. The predicted molar refractivity (Wildman–Crippen MR) is 83.6 cm³/mol. The van der Waals surface area contributed by atoms with Crippen molar-refractivity contribution >= 4 is 11.6 Å². The highest BCUT2D eigenvalue weighted by atomic mass is 35.5. The molecule has 0 aliphatic carbocycles. The van der Waals surface area contributed by atoms with E-state index in [0.717, 1.165) is 24.4 Å². The Balaban J connectivity index is 1.87. The van der Waals surface area contributed by atoms with Crippen LogP contribution in [0.2, 0.25) is 5.02 Å². The van der Waals surface area contributed by atoms with Gasteiger partial charge < -0.3 is 14.8 Å². The Morgan fingerprint density at radius 1 is 1.29 bits per heavy atom. The lowest BCUT2D eigenvalue weighted by atomic mass is 10.2. The summed E-state index contributed by atoms with van der Waals surface area (Å²) in [6.07, 6.45) is 3.33. The number of benzene rings is 1. The molecular formula is C16H19ClN2O2. The Bertz CT molecular complexity index is 563. The van der Waals surface area contributed by atoms with E-state index < -0.39 is 0 Å². The second-order valence-electron chi connectivity index (χ2n) is 4.57. The molecule has 0 aliphatic rings. The number of hydrogen-bond donors (Lipinski definition) is 1. The van der Waals surface area contributed by atoms with Crippen LogP contribution in [0.1, 0.15) is 11.1 Å². The fourth-order valence-electron chi connectivity index (χ4n) is 1.83. The molecule has 112 valence electrons. The number of hydrogen-bond acceptors (Lipinski definition) is 4. The molecule has 4 nitrogen and oxygen atoms in total. The Labute approximate surface area is 130 Å². The number of pyridine rings is 1. The van der Waals surface area contributed by atoms with Gasteiger partial charge in [0.2, 0.25) is 0 Å². The van der Waals surface area contributed by atoms with E-state index in [0.29, 0.717) is 18.2 Å². The Hall–Kier alpha value is -1.62. The second kappa shape index (κ2) is 8.62. The molecule has 0 aliphatic heterocycles. The first kappa shape index (κ1) is 15.8. The number of methoxy groups -OCH3 is 1. The first-order valence-electron chi connectivity index (χ1n) is 6.79. The van der Waals surface area contributed by atoms with E-state index in [9.17, 15) is 0 Å². The van der Waals surface area contributed by atoms with Gasteiger partial charge in [-0.25, -0.2) is 0 Å². The molecule has 2 rings (SSSR count). The van der Waals surface area contributed by atoms with E-state index in [1.165, 1.54) is 5.56 Å². The van der Waals surface area contributed by atoms with Crippen molar-refractivity contribution in [3.8, 4) is 5.75 Å². The van der Waals surface area contributed by atoms with Gasteiger partial charge in [-0.15, -0.1) is 0 Å². The fraction of sp³-hybridized carbons (Fsp3) is 0.312. The minimum absolute atomic E-state index is 0.432. The number of halogens is 1. The predicted octanol–water partition coefficient (Wildman–Crippen LogP) is 3.05. The van der Waals surface area contributed by atoms with Crippen molar-refractivity contribution in [3.63, 3.8) is 0 Å². The summed E-state index contributed by atoms with van der Waals surface area (Å²) in [5.41, 5.74) is 2.10. The molecule has 2 aromatic rings. The molecule has 21 heavy (non-hydrogen) atoms. The van der Waals surface area contributed by atoms with Gasteiger partial charge in [-0.05, 0) is 23.8 Å². The van der Waals surface area contributed by atoms with E-state index in [1.54, 1.807) is 19.5 Å². The molecule has 0 atom stereocenters. The van der Waals surface area contributed by atoms with Crippen molar-refractivity contribution in [2.24, 2.45) is 0 Å². The second-order valence-corrected chi connectivity index (χ2v) is 4.98. The molecular weight excluding hydrogens is 288 g/mol. The summed E-state index contributed by atoms with van der Waals surface area (Å²) in [4.78, 5) is 3.96. The van der Waals surface area contributed by atoms with Gasteiger partial charge in [0.05, 0.1) is 11.6 Å². The Morgan fingerprint density at radius 3 is 3.00 bits per heavy atom. The van der Waals surface area contributed by atoms with Crippen LogP contribution < -0.4 is 10.1 Å². The lowest BCUT2D eigenvalue weighted by molar-refractivity contribution is 0.199. The highest BCUT2D eigenvalue weighted by Gasteiger charge is 2.02. The van der Waals surface area contributed by atoms with Crippen LogP contribution in [0, 0.1) is 0 Å². The third-order valence-electron chi connectivity index (χ3n) is 2.96. The summed E-state index contributed by atoms with van der Waals surface area (Å²) in [5.74, 6) is 0.828. The van der Waals surface area contributed by atoms with Gasteiger partial charge in [0.25, 0.3) is 0 Å². The number of nitrogens with zero attached hydrogens (tertiary/aromatic N) is 1. The van der Waals surface area contributed by atoms with Crippen molar-refractivity contribution < 1.29 is 9.47 Å². The van der Waals surface area contributed by atoms with Crippen molar-refractivity contribution in [1.29, 1.82) is 0 Å². The van der Waals surface area contributed by atoms with Gasteiger partial charge in [0, 0.05) is 38.2 Å². The topological polar surface area (TPSA) is 43.4 Å². The van der Waals surface area contributed by atoms with E-state index in [2.05, 4.69) is 16.4 Å². The molecule has 0 amide bonds. The summed E-state index contributed by atoms with van der Waals surface area (Å²) in [6, 6.07) is 9.87. The fourth-order valence-corrected chi connectivity index (χ4v) is 2.01. The summed E-state index contributed by atoms with van der Waals surface area (Å²) >= 11 is 6.06. The quantitative estimate of drug-likeness (QED) is 0.761. The normalized spacial score (nSPS) is 10.6. The Kier molecular flexibility index (Phi) is 6.47. The maximum Gasteiger partial charge on any atom is 0.120 e. The standard InChI is InChI=1S/C16H19ClN2O2/c1-20-8-7-19-10-13-3-2-4-15(9-13)21-12-14-5-6-18-11-16(14)17/h2-6,9,11,19H,7-8,10,12H2,1H3.